The summed E-state index contributed by atoms with van der Waals surface area (Å²) in [5.74, 6) is -0.155. The number of nitrogens with one attached hydrogen (secondary N) is 1. The second-order valence-corrected chi connectivity index (χ2v) is 9.07. The fraction of sp³-hybridized carbons (Fsp3) is 0.0500. The molecule has 1 N–H and O–H groups in total. The number of amides is 1. The highest BCUT2D eigenvalue weighted by molar-refractivity contribution is 7.91. The standard InChI is InChI=1S/C20H14Cl3NO4S/c21-13-10-17(22)20(18(23)11-13)24-19(25)12-28-14-6-8-16(9-7-14)29(26,27)15-4-2-1-3-5-15/h1-11H,12H2,(H,24,25). The molecule has 0 fully saturated rings. The van der Waals surface area contributed by atoms with Crippen LogP contribution >= 0.6 is 34.8 Å². The first kappa shape index (κ1) is 21.5. The Kier molecular flexibility index (Phi) is 6.70. The maximum absolute atomic E-state index is 12.6. The number of anilines is 1. The van der Waals surface area contributed by atoms with Crippen LogP contribution in [-0.2, 0) is 14.6 Å². The number of carbonyl (C=O) groups excluding carboxylic acids is 1. The van der Waals surface area contributed by atoms with Gasteiger partial charge in [0.1, 0.15) is 5.75 Å². The molecule has 0 spiro atoms. The largest absolute Gasteiger partial charge is 0.484 e. The zero-order valence-corrected chi connectivity index (χ0v) is 17.8. The second kappa shape index (κ2) is 9.05. The molecule has 1 amide bonds. The molecular weight excluding hydrogens is 457 g/mol. The normalized spacial score (nSPS) is 11.1. The first-order valence-corrected chi connectivity index (χ1v) is 10.9. The van der Waals surface area contributed by atoms with Crippen LogP contribution < -0.4 is 10.1 Å². The fourth-order valence-corrected chi connectivity index (χ4v) is 4.63. The number of sulfone groups is 1. The van der Waals surface area contributed by atoms with Crippen LogP contribution in [0.4, 0.5) is 5.69 Å². The Morgan fingerprint density at radius 2 is 1.41 bits per heavy atom. The van der Waals surface area contributed by atoms with Gasteiger partial charge in [-0.05, 0) is 48.5 Å². The zero-order chi connectivity index (χ0) is 21.0. The van der Waals surface area contributed by atoms with Crippen molar-refractivity contribution in [1.29, 1.82) is 0 Å². The fourth-order valence-electron chi connectivity index (χ4n) is 2.44. The highest BCUT2D eigenvalue weighted by Crippen LogP contribution is 2.33. The Hall–Kier alpha value is -2.25. The van der Waals surface area contributed by atoms with Crippen molar-refractivity contribution in [2.24, 2.45) is 0 Å². The van der Waals surface area contributed by atoms with E-state index >= 15 is 0 Å². The Morgan fingerprint density at radius 3 is 2.00 bits per heavy atom. The maximum atomic E-state index is 12.6. The summed E-state index contributed by atoms with van der Waals surface area (Å²) in [4.78, 5) is 12.4. The third kappa shape index (κ3) is 5.22. The molecule has 0 atom stereocenters. The first-order valence-electron chi connectivity index (χ1n) is 8.25. The SMILES string of the molecule is O=C(COc1ccc(S(=O)(=O)c2ccccc2)cc1)Nc1c(Cl)cc(Cl)cc1Cl. The molecular formula is C20H14Cl3NO4S. The monoisotopic (exact) mass is 469 g/mol. The summed E-state index contributed by atoms with van der Waals surface area (Å²) < 4.78 is 30.5. The van der Waals surface area contributed by atoms with Gasteiger partial charge in [-0.25, -0.2) is 8.42 Å². The predicted octanol–water partition coefficient (Wildman–Crippen LogP) is 5.50. The van der Waals surface area contributed by atoms with E-state index in [1.807, 2.05) is 0 Å². The van der Waals surface area contributed by atoms with E-state index in [4.69, 9.17) is 39.5 Å². The number of hydrogen-bond acceptors (Lipinski definition) is 4. The Morgan fingerprint density at radius 1 is 0.862 bits per heavy atom. The lowest BCUT2D eigenvalue weighted by Gasteiger charge is -2.11. The van der Waals surface area contributed by atoms with Crippen molar-refractivity contribution in [2.75, 3.05) is 11.9 Å². The third-order valence-corrected chi connectivity index (χ3v) is 6.43. The molecule has 0 heterocycles. The van der Waals surface area contributed by atoms with Gasteiger partial charge in [-0.2, -0.15) is 0 Å². The van der Waals surface area contributed by atoms with Crippen LogP contribution in [0, 0.1) is 0 Å². The number of rotatable bonds is 6. The number of ether oxygens (including phenoxy) is 1. The molecule has 9 heteroatoms. The molecule has 3 aromatic carbocycles. The molecule has 150 valence electrons. The van der Waals surface area contributed by atoms with Crippen molar-refractivity contribution in [3.8, 4) is 5.75 Å². The minimum absolute atomic E-state index is 0.125. The molecule has 0 bridgehead atoms. The molecule has 0 aliphatic carbocycles. The van der Waals surface area contributed by atoms with Gasteiger partial charge in [0.2, 0.25) is 9.84 Å². The number of benzene rings is 3. The summed E-state index contributed by atoms with van der Waals surface area (Å²) in [7, 11) is -3.62. The van der Waals surface area contributed by atoms with Crippen molar-refractivity contribution in [3.63, 3.8) is 0 Å². The van der Waals surface area contributed by atoms with E-state index in [-0.39, 0.29) is 32.1 Å². The lowest BCUT2D eigenvalue weighted by molar-refractivity contribution is -0.118. The summed E-state index contributed by atoms with van der Waals surface area (Å²) in [5, 5.41) is 3.30. The van der Waals surface area contributed by atoms with E-state index < -0.39 is 15.7 Å². The van der Waals surface area contributed by atoms with E-state index in [0.717, 1.165) is 0 Å². The topological polar surface area (TPSA) is 72.5 Å². The average Bonchev–Trinajstić information content (AvgIpc) is 2.70. The van der Waals surface area contributed by atoms with Crippen LogP contribution in [0.2, 0.25) is 15.1 Å². The number of carbonyl (C=O) groups is 1. The third-order valence-electron chi connectivity index (χ3n) is 3.83. The second-order valence-electron chi connectivity index (χ2n) is 5.87. The van der Waals surface area contributed by atoms with Crippen LogP contribution in [0.1, 0.15) is 0 Å². The molecule has 0 aliphatic heterocycles. The maximum Gasteiger partial charge on any atom is 0.262 e. The molecule has 0 aromatic heterocycles. The highest BCUT2D eigenvalue weighted by atomic mass is 35.5. The summed E-state index contributed by atoms with van der Waals surface area (Å²) in [6, 6.07) is 16.8. The lowest BCUT2D eigenvalue weighted by atomic mass is 10.3. The summed E-state index contributed by atoms with van der Waals surface area (Å²) in [6.45, 7) is -0.319. The molecule has 3 aromatic rings. The highest BCUT2D eigenvalue weighted by Gasteiger charge is 2.17. The van der Waals surface area contributed by atoms with Crippen molar-refractivity contribution in [1.82, 2.24) is 0 Å². The van der Waals surface area contributed by atoms with Gasteiger partial charge in [-0.15, -0.1) is 0 Å². The lowest BCUT2D eigenvalue weighted by Crippen LogP contribution is -2.20. The predicted molar refractivity (Wildman–Crippen MR) is 114 cm³/mol. The van der Waals surface area contributed by atoms with Gasteiger partial charge in [0.15, 0.2) is 6.61 Å². The van der Waals surface area contributed by atoms with Gasteiger partial charge in [-0.1, -0.05) is 53.0 Å². The van der Waals surface area contributed by atoms with E-state index in [1.165, 1.54) is 48.5 Å². The Labute approximate surface area is 183 Å². The van der Waals surface area contributed by atoms with Gasteiger partial charge in [0, 0.05) is 5.02 Å². The summed E-state index contributed by atoms with van der Waals surface area (Å²) in [5.41, 5.74) is 0.232. The molecule has 0 unspecified atom stereocenters. The van der Waals surface area contributed by atoms with Gasteiger partial charge in [0.05, 0.1) is 25.5 Å². The van der Waals surface area contributed by atoms with Crippen LogP contribution in [0.25, 0.3) is 0 Å². The molecule has 29 heavy (non-hydrogen) atoms. The van der Waals surface area contributed by atoms with Crippen molar-refractivity contribution in [3.05, 3.63) is 81.8 Å². The van der Waals surface area contributed by atoms with E-state index in [9.17, 15) is 13.2 Å². The number of halogens is 3. The van der Waals surface area contributed by atoms with Crippen molar-refractivity contribution in [2.45, 2.75) is 9.79 Å². The van der Waals surface area contributed by atoms with Crippen LogP contribution in [0.15, 0.2) is 76.5 Å². The van der Waals surface area contributed by atoms with Crippen molar-refractivity contribution >= 4 is 56.2 Å². The van der Waals surface area contributed by atoms with Gasteiger partial charge >= 0.3 is 0 Å². The van der Waals surface area contributed by atoms with E-state index in [1.54, 1.807) is 18.2 Å². The summed E-state index contributed by atoms with van der Waals surface area (Å²) >= 11 is 17.9. The van der Waals surface area contributed by atoms with Crippen LogP contribution in [-0.4, -0.2) is 20.9 Å². The van der Waals surface area contributed by atoms with E-state index in [0.29, 0.717) is 10.8 Å². The minimum Gasteiger partial charge on any atom is -0.484 e. The Balaban J connectivity index is 1.64. The first-order chi connectivity index (χ1) is 13.8. The average molecular weight is 471 g/mol. The van der Waals surface area contributed by atoms with Crippen molar-refractivity contribution < 1.29 is 17.9 Å². The van der Waals surface area contributed by atoms with Gasteiger partial charge < -0.3 is 10.1 Å². The molecule has 3 rings (SSSR count). The quantitative estimate of drug-likeness (QED) is 0.516. The zero-order valence-electron chi connectivity index (χ0n) is 14.7. The summed E-state index contributed by atoms with van der Waals surface area (Å²) in [6.07, 6.45) is 0. The van der Waals surface area contributed by atoms with Gasteiger partial charge in [0.25, 0.3) is 5.91 Å². The van der Waals surface area contributed by atoms with Crippen LogP contribution in [0.5, 0.6) is 5.75 Å². The number of hydrogen-bond donors (Lipinski definition) is 1. The van der Waals surface area contributed by atoms with Crippen LogP contribution in [0.3, 0.4) is 0 Å². The minimum atomic E-state index is -3.62. The molecule has 0 saturated heterocycles. The molecule has 0 saturated carbocycles. The van der Waals surface area contributed by atoms with Gasteiger partial charge in [-0.3, -0.25) is 4.79 Å². The molecule has 0 aliphatic rings. The molecule has 5 nitrogen and oxygen atoms in total. The molecule has 0 radical (unpaired) electrons. The Bertz CT molecular complexity index is 1110. The smallest absolute Gasteiger partial charge is 0.262 e. The van der Waals surface area contributed by atoms with E-state index in [2.05, 4.69) is 5.32 Å².